The second-order valence-electron chi connectivity index (χ2n) is 5.67. The standard InChI is InChI=1S/C12H21N3O4S3/c1-4-14-9-7-15(6-8(2)3)22(18,19)10-5-11(20-12(9)10)21(13,16)17/h5,8-9,14H,4,6-7H2,1-3H3,(H2,13,16,17)/t9-/m1/s1. The van der Waals surface area contributed by atoms with Gasteiger partial charge in [-0.2, -0.15) is 4.31 Å². The number of hydrogen-bond acceptors (Lipinski definition) is 6. The molecule has 0 radical (unpaired) electrons. The van der Waals surface area contributed by atoms with Crippen LogP contribution in [0.25, 0.3) is 0 Å². The van der Waals surface area contributed by atoms with Gasteiger partial charge in [-0.3, -0.25) is 0 Å². The van der Waals surface area contributed by atoms with Gasteiger partial charge in [0.15, 0.2) is 0 Å². The van der Waals surface area contributed by atoms with Crippen molar-refractivity contribution in [1.82, 2.24) is 9.62 Å². The van der Waals surface area contributed by atoms with Crippen LogP contribution in [0.5, 0.6) is 0 Å². The van der Waals surface area contributed by atoms with E-state index in [-0.39, 0.29) is 21.1 Å². The van der Waals surface area contributed by atoms with Gasteiger partial charge in [-0.05, 0) is 18.5 Å². The summed E-state index contributed by atoms with van der Waals surface area (Å²) in [6.45, 7) is 7.15. The molecule has 1 aromatic rings. The molecule has 126 valence electrons. The lowest BCUT2D eigenvalue weighted by Crippen LogP contribution is -2.44. The van der Waals surface area contributed by atoms with Gasteiger partial charge in [-0.15, -0.1) is 11.3 Å². The van der Waals surface area contributed by atoms with Gasteiger partial charge < -0.3 is 5.32 Å². The second kappa shape index (κ2) is 6.17. The van der Waals surface area contributed by atoms with Crippen LogP contribution >= 0.6 is 11.3 Å². The van der Waals surface area contributed by atoms with Crippen molar-refractivity contribution in [3.05, 3.63) is 10.9 Å². The number of nitrogens with zero attached hydrogens (tertiary/aromatic N) is 1. The first-order valence-corrected chi connectivity index (χ1v) is 10.8. The number of rotatable bonds is 5. The van der Waals surface area contributed by atoms with Gasteiger partial charge in [-0.1, -0.05) is 20.8 Å². The maximum Gasteiger partial charge on any atom is 0.247 e. The fourth-order valence-corrected chi connectivity index (χ4v) is 6.70. The lowest BCUT2D eigenvalue weighted by molar-refractivity contribution is 0.317. The lowest BCUT2D eigenvalue weighted by atomic mass is 10.2. The molecule has 1 atom stereocenters. The van der Waals surface area contributed by atoms with Crippen LogP contribution in [0.2, 0.25) is 0 Å². The summed E-state index contributed by atoms with van der Waals surface area (Å²) in [7, 11) is -7.60. The van der Waals surface area contributed by atoms with Crippen LogP contribution in [0.1, 0.15) is 31.7 Å². The zero-order valence-corrected chi connectivity index (χ0v) is 15.2. The van der Waals surface area contributed by atoms with Gasteiger partial charge >= 0.3 is 0 Å². The van der Waals surface area contributed by atoms with Gasteiger partial charge in [0, 0.05) is 18.0 Å². The van der Waals surface area contributed by atoms with Crippen molar-refractivity contribution in [2.24, 2.45) is 11.1 Å². The van der Waals surface area contributed by atoms with E-state index in [1.807, 2.05) is 20.8 Å². The molecule has 22 heavy (non-hydrogen) atoms. The SMILES string of the molecule is CCN[C@@H]1CN(CC(C)C)S(=O)(=O)c2cc(S(N)(=O)=O)sc21. The molecule has 2 rings (SSSR count). The Morgan fingerprint density at radius 1 is 1.50 bits per heavy atom. The molecular weight excluding hydrogens is 346 g/mol. The molecule has 7 nitrogen and oxygen atoms in total. The average molecular weight is 368 g/mol. The molecular formula is C12H21N3O4S3. The second-order valence-corrected chi connectivity index (χ2v) is 10.4. The molecule has 2 heterocycles. The summed E-state index contributed by atoms with van der Waals surface area (Å²) in [6, 6.07) is 0.962. The number of hydrogen-bond donors (Lipinski definition) is 2. The van der Waals surface area contributed by atoms with E-state index in [4.69, 9.17) is 5.14 Å². The predicted octanol–water partition coefficient (Wildman–Crippen LogP) is 0.706. The molecule has 0 saturated heterocycles. The van der Waals surface area contributed by atoms with Crippen molar-refractivity contribution in [2.45, 2.75) is 35.9 Å². The Hall–Kier alpha value is -0.520. The largest absolute Gasteiger partial charge is 0.308 e. The minimum atomic E-state index is -3.92. The molecule has 0 aliphatic carbocycles. The van der Waals surface area contributed by atoms with Crippen molar-refractivity contribution in [3.63, 3.8) is 0 Å². The van der Waals surface area contributed by atoms with Gasteiger partial charge in [0.1, 0.15) is 4.21 Å². The number of fused-ring (bicyclic) bond motifs is 1. The Labute approximate surface area is 135 Å². The molecule has 1 aliphatic heterocycles. The predicted molar refractivity (Wildman–Crippen MR) is 85.7 cm³/mol. The molecule has 10 heteroatoms. The number of likely N-dealkylation sites (N-methyl/N-ethyl adjacent to an activating group) is 1. The highest BCUT2D eigenvalue weighted by Crippen LogP contribution is 2.39. The third-order valence-corrected chi connectivity index (χ3v) is 7.99. The zero-order valence-electron chi connectivity index (χ0n) is 12.7. The van der Waals surface area contributed by atoms with Crippen molar-refractivity contribution < 1.29 is 16.8 Å². The van der Waals surface area contributed by atoms with E-state index < -0.39 is 20.0 Å². The maximum atomic E-state index is 12.7. The fourth-order valence-electron chi connectivity index (χ4n) is 2.46. The Bertz CT molecular complexity index is 753. The first-order chi connectivity index (χ1) is 10.1. The van der Waals surface area contributed by atoms with Gasteiger partial charge in [0.25, 0.3) is 0 Å². The summed E-state index contributed by atoms with van der Waals surface area (Å²) in [4.78, 5) is 0.574. The highest BCUT2D eigenvalue weighted by molar-refractivity contribution is 7.92. The van der Waals surface area contributed by atoms with E-state index in [2.05, 4.69) is 5.32 Å². The number of thiophene rings is 1. The van der Waals surface area contributed by atoms with Crippen molar-refractivity contribution in [3.8, 4) is 0 Å². The van der Waals surface area contributed by atoms with Crippen LogP contribution in [0.4, 0.5) is 0 Å². The first-order valence-electron chi connectivity index (χ1n) is 6.97. The molecule has 0 spiro atoms. The molecule has 0 bridgehead atoms. The van der Waals surface area contributed by atoms with Crippen LogP contribution in [0.15, 0.2) is 15.2 Å². The van der Waals surface area contributed by atoms with E-state index >= 15 is 0 Å². The number of nitrogens with two attached hydrogens (primary N) is 1. The molecule has 0 unspecified atom stereocenters. The number of primary sulfonamides is 1. The quantitative estimate of drug-likeness (QED) is 0.796. The van der Waals surface area contributed by atoms with Crippen LogP contribution in [0, 0.1) is 5.92 Å². The molecule has 0 saturated carbocycles. The van der Waals surface area contributed by atoms with Crippen LogP contribution in [0.3, 0.4) is 0 Å². The van der Waals surface area contributed by atoms with Gasteiger partial charge in [-0.25, -0.2) is 22.0 Å². The number of nitrogens with one attached hydrogen (secondary N) is 1. The Morgan fingerprint density at radius 2 is 2.14 bits per heavy atom. The smallest absolute Gasteiger partial charge is 0.247 e. The topological polar surface area (TPSA) is 110 Å². The Kier molecular flexibility index (Phi) is 5.00. The van der Waals surface area contributed by atoms with Gasteiger partial charge in [0.2, 0.25) is 20.0 Å². The third kappa shape index (κ3) is 3.36. The highest BCUT2D eigenvalue weighted by Gasteiger charge is 2.39. The minimum Gasteiger partial charge on any atom is -0.308 e. The monoisotopic (exact) mass is 367 g/mol. The van der Waals surface area contributed by atoms with Crippen LogP contribution in [-0.2, 0) is 20.0 Å². The van der Waals surface area contributed by atoms with Crippen molar-refractivity contribution in [1.29, 1.82) is 0 Å². The third-order valence-electron chi connectivity index (χ3n) is 3.32. The molecule has 1 aliphatic rings. The molecule has 0 aromatic carbocycles. The van der Waals surface area contributed by atoms with E-state index in [0.717, 1.165) is 11.3 Å². The van der Waals surface area contributed by atoms with E-state index in [0.29, 0.717) is 24.5 Å². The Balaban J connectivity index is 2.57. The van der Waals surface area contributed by atoms with Gasteiger partial charge in [0.05, 0.1) is 10.9 Å². The Morgan fingerprint density at radius 3 is 2.64 bits per heavy atom. The average Bonchev–Trinajstić information content (AvgIpc) is 2.81. The van der Waals surface area contributed by atoms with Crippen molar-refractivity contribution in [2.75, 3.05) is 19.6 Å². The lowest BCUT2D eigenvalue weighted by Gasteiger charge is -2.33. The van der Waals surface area contributed by atoms with Crippen LogP contribution < -0.4 is 10.5 Å². The highest BCUT2D eigenvalue weighted by atomic mass is 32.2. The molecule has 0 amide bonds. The first kappa shape index (κ1) is 17.8. The molecule has 1 aromatic heterocycles. The zero-order chi connectivity index (χ0) is 16.7. The maximum absolute atomic E-state index is 12.7. The van der Waals surface area contributed by atoms with E-state index in [9.17, 15) is 16.8 Å². The van der Waals surface area contributed by atoms with E-state index in [1.54, 1.807) is 0 Å². The van der Waals surface area contributed by atoms with E-state index in [1.165, 1.54) is 10.4 Å². The van der Waals surface area contributed by atoms with Crippen LogP contribution in [-0.4, -0.2) is 40.8 Å². The normalized spacial score (nSPS) is 22.0. The summed E-state index contributed by atoms with van der Waals surface area (Å²) in [6.07, 6.45) is 0. The summed E-state index contributed by atoms with van der Waals surface area (Å²) in [5.41, 5.74) is 0. The fraction of sp³-hybridized carbons (Fsp3) is 0.667. The molecule has 3 N–H and O–H groups in total. The summed E-state index contributed by atoms with van der Waals surface area (Å²) >= 11 is 0.932. The number of sulfonamides is 2. The summed E-state index contributed by atoms with van der Waals surface area (Å²) in [5.74, 6) is 0.176. The molecule has 0 fully saturated rings. The van der Waals surface area contributed by atoms with Crippen molar-refractivity contribution >= 4 is 31.4 Å². The minimum absolute atomic E-state index is 0.0550. The summed E-state index contributed by atoms with van der Waals surface area (Å²) < 4.78 is 49.8. The summed E-state index contributed by atoms with van der Waals surface area (Å²) in [5, 5.41) is 8.36.